The number of rotatable bonds is 6. The number of benzene rings is 3. The summed E-state index contributed by atoms with van der Waals surface area (Å²) in [5.74, 6) is -0.195. The molecule has 0 aliphatic carbocycles. The van der Waals surface area contributed by atoms with Crippen molar-refractivity contribution in [3.05, 3.63) is 90.3 Å². The Morgan fingerprint density at radius 1 is 0.840 bits per heavy atom. The van der Waals surface area contributed by atoms with E-state index in [0.29, 0.717) is 5.56 Å². The maximum atomic E-state index is 14.6. The van der Waals surface area contributed by atoms with Gasteiger partial charge in [-0.05, 0) is 46.7 Å². The second-order valence-electron chi connectivity index (χ2n) is 6.32. The van der Waals surface area contributed by atoms with E-state index >= 15 is 0 Å². The van der Waals surface area contributed by atoms with Crippen molar-refractivity contribution in [2.75, 3.05) is 0 Å². The van der Waals surface area contributed by atoms with Gasteiger partial charge in [-0.2, -0.15) is 0 Å². The normalized spacial score (nSPS) is 10.6. The van der Waals surface area contributed by atoms with Crippen LogP contribution in [0.2, 0.25) is 0 Å². The van der Waals surface area contributed by atoms with Crippen molar-refractivity contribution in [3.8, 4) is 22.3 Å². The standard InChI is InChI=1S/C24H23F/c1-3-5-6-19-9-11-20(12-10-19)22-15-16-23(24(25)17-22)21-13-7-18(4-2)8-14-21/h4,7-17H,2-3,5-6H2,1H3. The van der Waals surface area contributed by atoms with Gasteiger partial charge in [-0.3, -0.25) is 0 Å². The summed E-state index contributed by atoms with van der Waals surface area (Å²) in [6, 6.07) is 21.7. The molecular weight excluding hydrogens is 307 g/mol. The second kappa shape index (κ2) is 7.94. The molecule has 3 aromatic carbocycles. The van der Waals surface area contributed by atoms with Crippen molar-refractivity contribution in [2.24, 2.45) is 0 Å². The van der Waals surface area contributed by atoms with E-state index in [1.165, 1.54) is 18.4 Å². The molecule has 126 valence electrons. The maximum absolute atomic E-state index is 14.6. The lowest BCUT2D eigenvalue weighted by Crippen LogP contribution is -1.88. The molecule has 0 nitrogen and oxygen atoms in total. The average molecular weight is 330 g/mol. The molecule has 0 atom stereocenters. The maximum Gasteiger partial charge on any atom is 0.131 e. The summed E-state index contributed by atoms with van der Waals surface area (Å²) >= 11 is 0. The van der Waals surface area contributed by atoms with Crippen LogP contribution in [0.25, 0.3) is 28.3 Å². The van der Waals surface area contributed by atoms with Crippen LogP contribution in [-0.2, 0) is 6.42 Å². The molecule has 25 heavy (non-hydrogen) atoms. The van der Waals surface area contributed by atoms with Crippen LogP contribution in [0.5, 0.6) is 0 Å². The van der Waals surface area contributed by atoms with Crippen molar-refractivity contribution < 1.29 is 4.39 Å². The van der Waals surface area contributed by atoms with Crippen LogP contribution in [0.3, 0.4) is 0 Å². The summed E-state index contributed by atoms with van der Waals surface area (Å²) in [5.41, 5.74) is 5.83. The van der Waals surface area contributed by atoms with E-state index in [0.717, 1.165) is 28.7 Å². The van der Waals surface area contributed by atoms with Crippen LogP contribution in [0.15, 0.2) is 73.3 Å². The van der Waals surface area contributed by atoms with Crippen molar-refractivity contribution >= 4 is 6.08 Å². The van der Waals surface area contributed by atoms with E-state index < -0.39 is 0 Å². The monoisotopic (exact) mass is 330 g/mol. The Hall–Kier alpha value is -2.67. The smallest absolute Gasteiger partial charge is 0.131 e. The SMILES string of the molecule is C=Cc1ccc(-c2ccc(-c3ccc(CCCC)cc3)cc2F)cc1. The first-order valence-electron chi connectivity index (χ1n) is 8.83. The molecule has 0 fully saturated rings. The van der Waals surface area contributed by atoms with Crippen LogP contribution in [0, 0.1) is 5.82 Å². The summed E-state index contributed by atoms with van der Waals surface area (Å²) in [7, 11) is 0. The highest BCUT2D eigenvalue weighted by atomic mass is 19.1. The third-order valence-corrected chi connectivity index (χ3v) is 4.53. The summed E-state index contributed by atoms with van der Waals surface area (Å²) < 4.78 is 14.6. The number of halogens is 1. The minimum absolute atomic E-state index is 0.195. The number of unbranched alkanes of at least 4 members (excludes halogenated alkanes) is 1. The Kier molecular flexibility index (Phi) is 5.45. The highest BCUT2D eigenvalue weighted by molar-refractivity contribution is 5.71. The Bertz CT molecular complexity index is 842. The van der Waals surface area contributed by atoms with Gasteiger partial charge in [0.25, 0.3) is 0 Å². The largest absolute Gasteiger partial charge is 0.206 e. The van der Waals surface area contributed by atoms with E-state index in [1.807, 2.05) is 36.4 Å². The molecule has 3 aromatic rings. The molecule has 0 amide bonds. The summed E-state index contributed by atoms with van der Waals surface area (Å²) in [6.07, 6.45) is 5.29. The lowest BCUT2D eigenvalue weighted by Gasteiger charge is -2.08. The number of hydrogen-bond donors (Lipinski definition) is 0. The molecule has 0 unspecified atom stereocenters. The minimum atomic E-state index is -0.195. The van der Waals surface area contributed by atoms with E-state index in [1.54, 1.807) is 12.1 Å². The zero-order valence-corrected chi connectivity index (χ0v) is 14.6. The zero-order valence-electron chi connectivity index (χ0n) is 14.6. The fraction of sp³-hybridized carbons (Fsp3) is 0.167. The van der Waals surface area contributed by atoms with Crippen molar-refractivity contribution in [2.45, 2.75) is 26.2 Å². The van der Waals surface area contributed by atoms with Gasteiger partial charge >= 0.3 is 0 Å². The Balaban J connectivity index is 1.84. The molecule has 0 heterocycles. The van der Waals surface area contributed by atoms with Crippen LogP contribution < -0.4 is 0 Å². The van der Waals surface area contributed by atoms with Gasteiger partial charge < -0.3 is 0 Å². The molecule has 0 N–H and O–H groups in total. The van der Waals surface area contributed by atoms with Crippen LogP contribution in [0.4, 0.5) is 4.39 Å². The molecule has 0 aliphatic heterocycles. The predicted molar refractivity (Wildman–Crippen MR) is 106 cm³/mol. The molecule has 3 rings (SSSR count). The van der Waals surface area contributed by atoms with E-state index in [4.69, 9.17) is 0 Å². The molecular formula is C24H23F. The van der Waals surface area contributed by atoms with Gasteiger partial charge in [0.2, 0.25) is 0 Å². The van der Waals surface area contributed by atoms with Crippen molar-refractivity contribution in [1.29, 1.82) is 0 Å². The van der Waals surface area contributed by atoms with Crippen molar-refractivity contribution in [3.63, 3.8) is 0 Å². The van der Waals surface area contributed by atoms with E-state index in [9.17, 15) is 4.39 Å². The third kappa shape index (κ3) is 4.06. The quantitative estimate of drug-likeness (QED) is 0.450. The van der Waals surface area contributed by atoms with Crippen LogP contribution in [-0.4, -0.2) is 0 Å². The summed E-state index contributed by atoms with van der Waals surface area (Å²) in [4.78, 5) is 0. The molecule has 0 saturated carbocycles. The first kappa shape index (κ1) is 17.2. The average Bonchev–Trinajstić information content (AvgIpc) is 2.67. The van der Waals surface area contributed by atoms with E-state index in [-0.39, 0.29) is 5.82 Å². The summed E-state index contributed by atoms with van der Waals surface area (Å²) in [6.45, 7) is 5.94. The zero-order chi connectivity index (χ0) is 17.6. The Morgan fingerprint density at radius 2 is 1.48 bits per heavy atom. The van der Waals surface area contributed by atoms with Gasteiger partial charge in [-0.15, -0.1) is 0 Å². The van der Waals surface area contributed by atoms with Gasteiger partial charge in [0.1, 0.15) is 5.82 Å². The molecule has 0 bridgehead atoms. The highest BCUT2D eigenvalue weighted by Crippen LogP contribution is 2.28. The van der Waals surface area contributed by atoms with E-state index in [2.05, 4.69) is 37.8 Å². The lowest BCUT2D eigenvalue weighted by atomic mass is 9.98. The Labute approximate surface area is 149 Å². The first-order valence-corrected chi connectivity index (χ1v) is 8.83. The fourth-order valence-corrected chi connectivity index (χ4v) is 2.97. The topological polar surface area (TPSA) is 0 Å². The second-order valence-corrected chi connectivity index (χ2v) is 6.32. The molecule has 0 radical (unpaired) electrons. The van der Waals surface area contributed by atoms with Gasteiger partial charge in [0, 0.05) is 5.56 Å². The Morgan fingerprint density at radius 3 is 2.08 bits per heavy atom. The minimum Gasteiger partial charge on any atom is -0.206 e. The van der Waals surface area contributed by atoms with Gasteiger partial charge in [-0.25, -0.2) is 4.39 Å². The summed E-state index contributed by atoms with van der Waals surface area (Å²) in [5, 5.41) is 0. The molecule has 0 aromatic heterocycles. The third-order valence-electron chi connectivity index (χ3n) is 4.53. The van der Waals surface area contributed by atoms with Crippen molar-refractivity contribution in [1.82, 2.24) is 0 Å². The predicted octanol–water partition coefficient (Wildman–Crippen LogP) is 7.15. The molecule has 0 spiro atoms. The van der Waals surface area contributed by atoms with Gasteiger partial charge in [0.15, 0.2) is 0 Å². The highest BCUT2D eigenvalue weighted by Gasteiger charge is 2.07. The fourth-order valence-electron chi connectivity index (χ4n) is 2.97. The van der Waals surface area contributed by atoms with Crippen LogP contribution in [0.1, 0.15) is 30.9 Å². The molecule has 0 aliphatic rings. The lowest BCUT2D eigenvalue weighted by molar-refractivity contribution is 0.632. The molecule has 1 heteroatoms. The first-order chi connectivity index (χ1) is 12.2. The molecule has 0 saturated heterocycles. The van der Waals surface area contributed by atoms with Gasteiger partial charge in [0.05, 0.1) is 0 Å². The van der Waals surface area contributed by atoms with Gasteiger partial charge in [-0.1, -0.05) is 86.7 Å². The number of hydrogen-bond acceptors (Lipinski definition) is 0. The van der Waals surface area contributed by atoms with Crippen LogP contribution >= 0.6 is 0 Å². The number of aryl methyl sites for hydroxylation is 1.